The van der Waals surface area contributed by atoms with Crippen LogP contribution < -0.4 is 4.74 Å². The van der Waals surface area contributed by atoms with Gasteiger partial charge >= 0.3 is 5.69 Å². The van der Waals surface area contributed by atoms with Crippen LogP contribution >= 0.6 is 15.9 Å². The molecule has 0 aromatic heterocycles. The van der Waals surface area contributed by atoms with Gasteiger partial charge in [-0.2, -0.15) is 0 Å². The summed E-state index contributed by atoms with van der Waals surface area (Å²) in [5, 5.41) is 11.7. The van der Waals surface area contributed by atoms with Crippen LogP contribution in [-0.2, 0) is 5.33 Å². The van der Waals surface area contributed by atoms with Crippen LogP contribution in [0.4, 0.5) is 5.69 Å². The summed E-state index contributed by atoms with van der Waals surface area (Å²) in [7, 11) is 0. The van der Waals surface area contributed by atoms with Gasteiger partial charge < -0.3 is 4.74 Å². The lowest BCUT2D eigenvalue weighted by Crippen LogP contribution is -1.95. The van der Waals surface area contributed by atoms with E-state index in [1.807, 2.05) is 32.0 Å². The van der Waals surface area contributed by atoms with E-state index in [4.69, 9.17) is 4.74 Å². The summed E-state index contributed by atoms with van der Waals surface area (Å²) in [6.07, 6.45) is 0. The Morgan fingerprint density at radius 2 is 1.80 bits per heavy atom. The quantitative estimate of drug-likeness (QED) is 0.453. The van der Waals surface area contributed by atoms with Crippen molar-refractivity contribution in [1.29, 1.82) is 0 Å². The Morgan fingerprint density at radius 1 is 1.15 bits per heavy atom. The molecule has 0 bridgehead atoms. The lowest BCUT2D eigenvalue weighted by molar-refractivity contribution is -0.385. The van der Waals surface area contributed by atoms with Crippen molar-refractivity contribution in [1.82, 2.24) is 0 Å². The number of alkyl halides is 1. The second-order valence-corrected chi connectivity index (χ2v) is 5.18. The molecule has 104 valence electrons. The number of nitro groups is 1. The summed E-state index contributed by atoms with van der Waals surface area (Å²) in [4.78, 5) is 10.7. The van der Waals surface area contributed by atoms with Crippen LogP contribution in [0.5, 0.6) is 11.5 Å². The van der Waals surface area contributed by atoms with Crippen LogP contribution in [0, 0.1) is 24.0 Å². The number of hydrogen-bond acceptors (Lipinski definition) is 3. The Hall–Kier alpha value is -1.88. The molecule has 4 nitrogen and oxygen atoms in total. The minimum absolute atomic E-state index is 0.0268. The lowest BCUT2D eigenvalue weighted by Gasteiger charge is -2.09. The summed E-state index contributed by atoms with van der Waals surface area (Å²) < 4.78 is 5.67. The number of nitrogens with zero attached hydrogens (tertiary/aromatic N) is 1. The molecule has 0 saturated carbocycles. The Bertz CT molecular complexity index is 635. The van der Waals surface area contributed by atoms with Gasteiger partial charge in [0.25, 0.3) is 0 Å². The van der Waals surface area contributed by atoms with Gasteiger partial charge in [0.05, 0.1) is 4.92 Å². The highest BCUT2D eigenvalue weighted by atomic mass is 79.9. The zero-order valence-electron chi connectivity index (χ0n) is 11.2. The monoisotopic (exact) mass is 335 g/mol. The van der Waals surface area contributed by atoms with E-state index in [1.165, 1.54) is 6.07 Å². The number of ether oxygens (including phenoxy) is 1. The van der Waals surface area contributed by atoms with Gasteiger partial charge in [-0.1, -0.05) is 28.1 Å². The van der Waals surface area contributed by atoms with E-state index in [2.05, 4.69) is 15.9 Å². The first-order valence-electron chi connectivity index (χ1n) is 6.09. The number of rotatable bonds is 4. The average Bonchev–Trinajstić information content (AvgIpc) is 2.37. The SMILES string of the molecule is Cc1cc(C)cc(Oc2ccc(CBr)cc2[N+](=O)[O-])c1. The second kappa shape index (κ2) is 6.05. The highest BCUT2D eigenvalue weighted by molar-refractivity contribution is 9.08. The number of aryl methyl sites for hydroxylation is 2. The minimum Gasteiger partial charge on any atom is -0.450 e. The molecule has 0 saturated heterocycles. The molecule has 0 unspecified atom stereocenters. The van der Waals surface area contributed by atoms with Crippen molar-refractivity contribution in [3.8, 4) is 11.5 Å². The molecule has 0 aliphatic carbocycles. The van der Waals surface area contributed by atoms with E-state index in [1.54, 1.807) is 12.1 Å². The molecule has 0 radical (unpaired) electrons. The first-order valence-corrected chi connectivity index (χ1v) is 7.21. The van der Waals surface area contributed by atoms with Gasteiger partial charge in [-0.15, -0.1) is 0 Å². The van der Waals surface area contributed by atoms with Crippen molar-refractivity contribution < 1.29 is 9.66 Å². The van der Waals surface area contributed by atoms with Gasteiger partial charge in [-0.05, 0) is 48.7 Å². The van der Waals surface area contributed by atoms with Crippen LogP contribution in [0.1, 0.15) is 16.7 Å². The zero-order valence-corrected chi connectivity index (χ0v) is 12.8. The largest absolute Gasteiger partial charge is 0.450 e. The molecule has 2 rings (SSSR count). The number of hydrogen-bond donors (Lipinski definition) is 0. The fraction of sp³-hybridized carbons (Fsp3) is 0.200. The third-order valence-corrected chi connectivity index (χ3v) is 3.44. The van der Waals surface area contributed by atoms with Crippen molar-refractivity contribution in [2.75, 3.05) is 0 Å². The fourth-order valence-electron chi connectivity index (χ4n) is 1.99. The summed E-state index contributed by atoms with van der Waals surface area (Å²) >= 11 is 3.29. The predicted molar refractivity (Wildman–Crippen MR) is 81.7 cm³/mol. The Kier molecular flexibility index (Phi) is 4.39. The molecule has 2 aromatic carbocycles. The van der Waals surface area contributed by atoms with Crippen LogP contribution in [-0.4, -0.2) is 4.92 Å². The summed E-state index contributed by atoms with van der Waals surface area (Å²) in [5.74, 6) is 0.863. The molecule has 0 aliphatic rings. The predicted octanol–water partition coefficient (Wildman–Crippen LogP) is 4.90. The zero-order chi connectivity index (χ0) is 14.7. The Labute approximate surface area is 125 Å². The van der Waals surface area contributed by atoms with E-state index in [0.29, 0.717) is 11.1 Å². The molecule has 20 heavy (non-hydrogen) atoms. The van der Waals surface area contributed by atoms with Gasteiger partial charge in [-0.25, -0.2) is 0 Å². The second-order valence-electron chi connectivity index (χ2n) is 4.62. The third kappa shape index (κ3) is 3.36. The van der Waals surface area contributed by atoms with Crippen LogP contribution in [0.25, 0.3) is 0 Å². The van der Waals surface area contributed by atoms with E-state index in [0.717, 1.165) is 16.7 Å². The summed E-state index contributed by atoms with van der Waals surface area (Å²) in [5.41, 5.74) is 2.92. The van der Waals surface area contributed by atoms with Crippen molar-refractivity contribution in [3.05, 3.63) is 63.2 Å². The Morgan fingerprint density at radius 3 is 2.35 bits per heavy atom. The maximum Gasteiger partial charge on any atom is 0.311 e. The number of halogens is 1. The van der Waals surface area contributed by atoms with E-state index >= 15 is 0 Å². The van der Waals surface area contributed by atoms with Crippen LogP contribution in [0.15, 0.2) is 36.4 Å². The molecular weight excluding hydrogens is 322 g/mol. The molecule has 0 spiro atoms. The molecule has 0 atom stereocenters. The maximum absolute atomic E-state index is 11.1. The molecular formula is C15H14BrNO3. The normalized spacial score (nSPS) is 10.3. The lowest BCUT2D eigenvalue weighted by atomic mass is 10.1. The van der Waals surface area contributed by atoms with Crippen LogP contribution in [0.3, 0.4) is 0 Å². The highest BCUT2D eigenvalue weighted by Gasteiger charge is 2.16. The van der Waals surface area contributed by atoms with Crippen LogP contribution in [0.2, 0.25) is 0 Å². The van der Waals surface area contributed by atoms with Crippen molar-refractivity contribution in [3.63, 3.8) is 0 Å². The fourth-order valence-corrected chi connectivity index (χ4v) is 2.34. The molecule has 0 heterocycles. The van der Waals surface area contributed by atoms with Crippen molar-refractivity contribution in [2.45, 2.75) is 19.2 Å². The average molecular weight is 336 g/mol. The highest BCUT2D eigenvalue weighted by Crippen LogP contribution is 2.33. The minimum atomic E-state index is -0.426. The van der Waals surface area contributed by atoms with Gasteiger partial charge in [0.15, 0.2) is 0 Å². The smallest absolute Gasteiger partial charge is 0.311 e. The molecule has 0 fully saturated rings. The molecule has 0 N–H and O–H groups in total. The summed E-state index contributed by atoms with van der Waals surface area (Å²) in [6.45, 7) is 3.92. The van der Waals surface area contributed by atoms with E-state index in [9.17, 15) is 10.1 Å². The summed E-state index contributed by atoms with van der Waals surface area (Å²) in [6, 6.07) is 10.7. The van der Waals surface area contributed by atoms with E-state index < -0.39 is 4.92 Å². The molecule has 0 amide bonds. The maximum atomic E-state index is 11.1. The third-order valence-electron chi connectivity index (χ3n) is 2.80. The first-order chi connectivity index (χ1) is 9.49. The molecule has 0 aliphatic heterocycles. The van der Waals surface area contributed by atoms with Crippen molar-refractivity contribution >= 4 is 21.6 Å². The topological polar surface area (TPSA) is 52.4 Å². The molecule has 5 heteroatoms. The number of nitro benzene ring substituents is 1. The molecule has 2 aromatic rings. The van der Waals surface area contributed by atoms with E-state index in [-0.39, 0.29) is 11.4 Å². The first kappa shape index (κ1) is 14.5. The van der Waals surface area contributed by atoms with Gasteiger partial charge in [0.2, 0.25) is 5.75 Å². The van der Waals surface area contributed by atoms with Crippen molar-refractivity contribution in [2.24, 2.45) is 0 Å². The Balaban J connectivity index is 2.39. The van der Waals surface area contributed by atoms with Gasteiger partial charge in [-0.3, -0.25) is 10.1 Å². The number of benzene rings is 2. The van der Waals surface area contributed by atoms with Gasteiger partial charge in [0.1, 0.15) is 5.75 Å². The standard InChI is InChI=1S/C15H14BrNO3/c1-10-5-11(2)7-13(6-10)20-15-4-3-12(9-16)8-14(15)17(18)19/h3-8H,9H2,1-2H3. The van der Waals surface area contributed by atoms with Gasteiger partial charge in [0, 0.05) is 11.4 Å².